The number of ether oxygens (including phenoxy) is 1. The summed E-state index contributed by atoms with van der Waals surface area (Å²) in [5.41, 5.74) is 0. The van der Waals surface area contributed by atoms with Crippen molar-refractivity contribution < 1.29 is 18.3 Å². The first-order chi connectivity index (χ1) is 8.45. The molecule has 18 heavy (non-hydrogen) atoms. The van der Waals surface area contributed by atoms with Crippen molar-refractivity contribution in [3.63, 3.8) is 0 Å². The van der Waals surface area contributed by atoms with Crippen molar-refractivity contribution in [1.82, 2.24) is 0 Å². The predicted molar refractivity (Wildman–Crippen MR) is 69.6 cm³/mol. The minimum Gasteiger partial charge on any atom is -0.508 e. The monoisotopic (exact) mass is 270 g/mol. The van der Waals surface area contributed by atoms with Crippen molar-refractivity contribution in [2.45, 2.75) is 37.0 Å². The molecular weight excluding hydrogens is 252 g/mol. The minimum absolute atomic E-state index is 0.0831. The molecule has 0 bridgehead atoms. The molecule has 1 aliphatic carbocycles. The summed E-state index contributed by atoms with van der Waals surface area (Å²) in [6.45, 7) is 0. The van der Waals surface area contributed by atoms with Gasteiger partial charge in [-0.2, -0.15) is 0 Å². The summed E-state index contributed by atoms with van der Waals surface area (Å²) in [6.07, 6.45) is 4.19. The molecule has 4 nitrogen and oxygen atoms in total. The number of benzene rings is 1. The van der Waals surface area contributed by atoms with Gasteiger partial charge in [0.2, 0.25) is 0 Å². The van der Waals surface area contributed by atoms with Crippen LogP contribution in [0.5, 0.6) is 11.5 Å². The smallest absolute Gasteiger partial charge is 0.150 e. The topological polar surface area (TPSA) is 63.6 Å². The Bertz CT molecular complexity index is 509. The van der Waals surface area contributed by atoms with E-state index in [2.05, 4.69) is 0 Å². The van der Waals surface area contributed by atoms with Crippen molar-refractivity contribution in [3.8, 4) is 11.5 Å². The van der Waals surface area contributed by atoms with Crippen LogP contribution in [-0.4, -0.2) is 31.1 Å². The van der Waals surface area contributed by atoms with E-state index in [1.165, 1.54) is 6.26 Å². The van der Waals surface area contributed by atoms with E-state index in [4.69, 9.17) is 4.74 Å². The van der Waals surface area contributed by atoms with Gasteiger partial charge in [0.1, 0.15) is 21.3 Å². The van der Waals surface area contributed by atoms with Crippen LogP contribution in [-0.2, 0) is 9.84 Å². The molecular formula is C13H18O4S. The van der Waals surface area contributed by atoms with Crippen LogP contribution in [0.2, 0.25) is 0 Å². The van der Waals surface area contributed by atoms with Gasteiger partial charge in [0.25, 0.3) is 0 Å². The van der Waals surface area contributed by atoms with E-state index in [1.807, 2.05) is 0 Å². The molecule has 1 saturated carbocycles. The Kier molecular flexibility index (Phi) is 3.80. The van der Waals surface area contributed by atoms with Crippen molar-refractivity contribution in [1.29, 1.82) is 0 Å². The highest BCUT2D eigenvalue weighted by Gasteiger charge is 2.29. The van der Waals surface area contributed by atoms with Crippen LogP contribution in [0.1, 0.15) is 25.7 Å². The quantitative estimate of drug-likeness (QED) is 0.914. The third kappa shape index (κ3) is 3.38. The third-order valence-electron chi connectivity index (χ3n) is 3.30. The fourth-order valence-electron chi connectivity index (χ4n) is 2.35. The van der Waals surface area contributed by atoms with Crippen molar-refractivity contribution in [2.24, 2.45) is 0 Å². The average molecular weight is 270 g/mol. The van der Waals surface area contributed by atoms with Gasteiger partial charge in [-0.25, -0.2) is 8.42 Å². The molecule has 2 unspecified atom stereocenters. The Hall–Kier alpha value is -1.23. The number of hydrogen-bond donors (Lipinski definition) is 1. The van der Waals surface area contributed by atoms with E-state index in [1.54, 1.807) is 24.3 Å². The van der Waals surface area contributed by atoms with Gasteiger partial charge in [-0.15, -0.1) is 0 Å². The SMILES string of the molecule is CS(=O)(=O)C1CCCC(Oc2cccc(O)c2)C1. The number of phenols is 1. The van der Waals surface area contributed by atoms with E-state index in [9.17, 15) is 13.5 Å². The summed E-state index contributed by atoms with van der Waals surface area (Å²) in [7, 11) is -2.99. The van der Waals surface area contributed by atoms with E-state index in [-0.39, 0.29) is 17.1 Å². The van der Waals surface area contributed by atoms with Gasteiger partial charge < -0.3 is 9.84 Å². The number of phenolic OH excluding ortho intramolecular Hbond substituents is 1. The molecule has 1 aromatic rings. The standard InChI is InChI=1S/C13H18O4S/c1-18(15,16)13-7-3-6-12(9-13)17-11-5-2-4-10(14)8-11/h2,4-5,8,12-14H,3,6-7,9H2,1H3. The van der Waals surface area contributed by atoms with Gasteiger partial charge in [0.05, 0.1) is 11.4 Å². The summed E-state index contributed by atoms with van der Waals surface area (Å²) in [5, 5.41) is 9.05. The van der Waals surface area contributed by atoms with Crippen LogP contribution in [0.15, 0.2) is 24.3 Å². The Morgan fingerprint density at radius 2 is 2.11 bits per heavy atom. The zero-order chi connectivity index (χ0) is 13.2. The average Bonchev–Trinajstić information content (AvgIpc) is 2.28. The van der Waals surface area contributed by atoms with Gasteiger partial charge in [0.15, 0.2) is 0 Å². The van der Waals surface area contributed by atoms with Crippen LogP contribution in [0.25, 0.3) is 0 Å². The van der Waals surface area contributed by atoms with Crippen molar-refractivity contribution in [2.75, 3.05) is 6.26 Å². The molecule has 1 aromatic carbocycles. The first-order valence-corrected chi connectivity index (χ1v) is 8.05. The Balaban J connectivity index is 2.02. The molecule has 1 N–H and O–H groups in total. The van der Waals surface area contributed by atoms with E-state index >= 15 is 0 Å². The molecule has 0 spiro atoms. The summed E-state index contributed by atoms with van der Waals surface area (Å²) >= 11 is 0. The van der Waals surface area contributed by atoms with Gasteiger partial charge in [0, 0.05) is 18.7 Å². The molecule has 1 aliphatic rings. The summed E-state index contributed by atoms with van der Waals surface area (Å²) in [4.78, 5) is 0. The zero-order valence-electron chi connectivity index (χ0n) is 10.4. The molecule has 0 aromatic heterocycles. The van der Waals surface area contributed by atoms with Gasteiger partial charge in [-0.1, -0.05) is 6.07 Å². The third-order valence-corrected chi connectivity index (χ3v) is 4.94. The molecule has 5 heteroatoms. The molecule has 0 saturated heterocycles. The lowest BCUT2D eigenvalue weighted by molar-refractivity contribution is 0.156. The highest BCUT2D eigenvalue weighted by Crippen LogP contribution is 2.28. The highest BCUT2D eigenvalue weighted by atomic mass is 32.2. The zero-order valence-corrected chi connectivity index (χ0v) is 11.2. The molecule has 100 valence electrons. The largest absolute Gasteiger partial charge is 0.508 e. The number of aromatic hydroxyl groups is 1. The van der Waals surface area contributed by atoms with Crippen LogP contribution in [0.4, 0.5) is 0 Å². The molecule has 0 aliphatic heterocycles. The highest BCUT2D eigenvalue weighted by molar-refractivity contribution is 7.91. The minimum atomic E-state index is -2.99. The van der Waals surface area contributed by atoms with Gasteiger partial charge in [-0.05, 0) is 31.4 Å². The Morgan fingerprint density at radius 1 is 1.33 bits per heavy atom. The first kappa shape index (κ1) is 13.2. The molecule has 2 rings (SSSR count). The van der Waals surface area contributed by atoms with Crippen LogP contribution in [0, 0.1) is 0 Å². The normalized spacial score (nSPS) is 24.7. The predicted octanol–water partition coefficient (Wildman–Crippen LogP) is 2.13. The number of rotatable bonds is 3. The second kappa shape index (κ2) is 5.18. The molecule has 0 heterocycles. The molecule has 1 fully saturated rings. The fraction of sp³-hybridized carbons (Fsp3) is 0.538. The van der Waals surface area contributed by atoms with Gasteiger partial charge >= 0.3 is 0 Å². The summed E-state index contributed by atoms with van der Waals surface area (Å²) < 4.78 is 28.8. The van der Waals surface area contributed by atoms with Crippen LogP contribution < -0.4 is 4.74 Å². The molecule has 0 radical (unpaired) electrons. The van der Waals surface area contributed by atoms with Crippen LogP contribution in [0.3, 0.4) is 0 Å². The fourth-order valence-corrected chi connectivity index (χ4v) is 3.51. The summed E-state index contributed by atoms with van der Waals surface area (Å²) in [5.74, 6) is 0.747. The van der Waals surface area contributed by atoms with E-state index in [0.29, 0.717) is 12.2 Å². The molecule has 0 amide bonds. The first-order valence-electron chi connectivity index (χ1n) is 6.10. The van der Waals surface area contributed by atoms with Crippen molar-refractivity contribution >= 4 is 9.84 Å². The Labute approximate surface area is 108 Å². The second-order valence-corrected chi connectivity index (χ2v) is 7.18. The number of hydrogen-bond acceptors (Lipinski definition) is 4. The summed E-state index contributed by atoms with van der Waals surface area (Å²) in [6, 6.07) is 6.60. The van der Waals surface area contributed by atoms with E-state index < -0.39 is 9.84 Å². The van der Waals surface area contributed by atoms with E-state index in [0.717, 1.165) is 19.3 Å². The second-order valence-electron chi connectivity index (χ2n) is 4.86. The number of sulfone groups is 1. The Morgan fingerprint density at radius 3 is 2.78 bits per heavy atom. The lowest BCUT2D eigenvalue weighted by atomic mass is 9.97. The maximum absolute atomic E-state index is 11.5. The lowest BCUT2D eigenvalue weighted by Crippen LogP contribution is -2.33. The maximum Gasteiger partial charge on any atom is 0.150 e. The molecule has 2 atom stereocenters. The maximum atomic E-state index is 11.5. The van der Waals surface area contributed by atoms with Crippen molar-refractivity contribution in [3.05, 3.63) is 24.3 Å². The van der Waals surface area contributed by atoms with Gasteiger partial charge in [-0.3, -0.25) is 0 Å². The lowest BCUT2D eigenvalue weighted by Gasteiger charge is -2.28. The van der Waals surface area contributed by atoms with Crippen LogP contribution >= 0.6 is 0 Å².